The van der Waals surface area contributed by atoms with Crippen molar-refractivity contribution >= 4 is 23.1 Å². The number of anilines is 4. The predicted octanol–water partition coefficient (Wildman–Crippen LogP) is 2.12. The molecule has 2 aromatic heterocycles. The maximum Gasteiger partial charge on any atom is 0.231 e. The van der Waals surface area contributed by atoms with Crippen LogP contribution in [0, 0.1) is 0 Å². The Morgan fingerprint density at radius 1 is 0.933 bits per heavy atom. The number of aromatic nitrogens is 3. The van der Waals surface area contributed by atoms with Crippen molar-refractivity contribution in [3.05, 3.63) is 54.5 Å². The third-order valence-corrected chi connectivity index (χ3v) is 5.31. The van der Waals surface area contributed by atoms with Crippen molar-refractivity contribution in [2.75, 3.05) is 53.8 Å². The second kappa shape index (κ2) is 7.94. The largest absolute Gasteiger partial charge is 0.454 e. The minimum atomic E-state index is 0.266. The van der Waals surface area contributed by atoms with Gasteiger partial charge in [0.15, 0.2) is 23.1 Å². The van der Waals surface area contributed by atoms with Crippen molar-refractivity contribution in [2.24, 2.45) is 0 Å². The van der Waals surface area contributed by atoms with Gasteiger partial charge in [-0.2, -0.15) is 0 Å². The van der Waals surface area contributed by atoms with Gasteiger partial charge in [-0.3, -0.25) is 0 Å². The van der Waals surface area contributed by atoms with E-state index in [1.54, 1.807) is 6.33 Å². The first-order valence-electron chi connectivity index (χ1n) is 9.92. The van der Waals surface area contributed by atoms with Gasteiger partial charge in [0.2, 0.25) is 6.79 Å². The summed E-state index contributed by atoms with van der Waals surface area (Å²) < 4.78 is 10.8. The zero-order chi connectivity index (χ0) is 20.3. The standard InChI is InChI=1S/C21H23N7O2/c22-19-20(24-12-15-4-5-16-17(11-15)30-14-29-16)25-13-26-21(19)28-9-7-27(8-10-28)18-3-1-2-6-23-18/h1-6,11,13H,7-10,12,14,22H2,(H,24,25,26). The van der Waals surface area contributed by atoms with Crippen LogP contribution in [0.2, 0.25) is 0 Å². The van der Waals surface area contributed by atoms with Crippen molar-refractivity contribution in [2.45, 2.75) is 6.54 Å². The van der Waals surface area contributed by atoms with Crippen LogP contribution in [0.3, 0.4) is 0 Å². The number of nitrogen functional groups attached to an aromatic ring is 1. The summed E-state index contributed by atoms with van der Waals surface area (Å²) >= 11 is 0. The van der Waals surface area contributed by atoms with Crippen molar-refractivity contribution < 1.29 is 9.47 Å². The van der Waals surface area contributed by atoms with Gasteiger partial charge in [-0.25, -0.2) is 15.0 Å². The molecule has 1 aromatic carbocycles. The molecule has 0 radical (unpaired) electrons. The molecule has 30 heavy (non-hydrogen) atoms. The highest BCUT2D eigenvalue weighted by molar-refractivity contribution is 5.75. The van der Waals surface area contributed by atoms with Crippen LogP contribution in [0.5, 0.6) is 11.5 Å². The molecule has 9 nitrogen and oxygen atoms in total. The molecule has 0 saturated carbocycles. The normalized spacial score (nSPS) is 15.3. The molecule has 0 bridgehead atoms. The van der Waals surface area contributed by atoms with Crippen LogP contribution >= 0.6 is 0 Å². The fourth-order valence-electron chi connectivity index (χ4n) is 3.70. The summed E-state index contributed by atoms with van der Waals surface area (Å²) in [6, 6.07) is 11.8. The molecular formula is C21H23N7O2. The van der Waals surface area contributed by atoms with Gasteiger partial charge in [0.25, 0.3) is 0 Å². The van der Waals surface area contributed by atoms with Crippen LogP contribution in [-0.2, 0) is 6.54 Å². The molecule has 1 fully saturated rings. The number of hydrogen-bond donors (Lipinski definition) is 2. The summed E-state index contributed by atoms with van der Waals surface area (Å²) in [5.74, 6) is 3.92. The van der Waals surface area contributed by atoms with Gasteiger partial charge in [0, 0.05) is 38.9 Å². The second-order valence-corrected chi connectivity index (χ2v) is 7.16. The minimum Gasteiger partial charge on any atom is -0.454 e. The number of fused-ring (bicyclic) bond motifs is 1. The third kappa shape index (κ3) is 3.61. The van der Waals surface area contributed by atoms with Crippen LogP contribution in [0.1, 0.15) is 5.56 Å². The van der Waals surface area contributed by atoms with Crippen LogP contribution in [0.15, 0.2) is 48.9 Å². The number of ether oxygens (including phenoxy) is 2. The molecule has 2 aliphatic rings. The summed E-state index contributed by atoms with van der Waals surface area (Å²) in [6.45, 7) is 4.20. The van der Waals surface area contributed by atoms with E-state index in [0.717, 1.165) is 54.9 Å². The number of pyridine rings is 1. The van der Waals surface area contributed by atoms with E-state index < -0.39 is 0 Å². The molecule has 2 aliphatic heterocycles. The van der Waals surface area contributed by atoms with Crippen LogP contribution in [-0.4, -0.2) is 47.9 Å². The Balaban J connectivity index is 1.25. The zero-order valence-electron chi connectivity index (χ0n) is 16.5. The monoisotopic (exact) mass is 405 g/mol. The SMILES string of the molecule is Nc1c(NCc2ccc3c(c2)OCO3)ncnc1N1CCN(c2ccccn2)CC1. The number of benzene rings is 1. The van der Waals surface area contributed by atoms with Gasteiger partial charge in [-0.05, 0) is 29.8 Å². The minimum absolute atomic E-state index is 0.266. The summed E-state index contributed by atoms with van der Waals surface area (Å²) in [5.41, 5.74) is 8.03. The average molecular weight is 405 g/mol. The molecule has 1 saturated heterocycles. The molecule has 0 spiro atoms. The Bertz CT molecular complexity index is 1020. The number of hydrogen-bond acceptors (Lipinski definition) is 9. The Morgan fingerprint density at radius 2 is 1.77 bits per heavy atom. The summed E-state index contributed by atoms with van der Waals surface area (Å²) in [5, 5.41) is 3.31. The Morgan fingerprint density at radius 3 is 2.60 bits per heavy atom. The first kappa shape index (κ1) is 18.3. The van der Waals surface area contributed by atoms with Gasteiger partial charge in [-0.15, -0.1) is 0 Å². The third-order valence-electron chi connectivity index (χ3n) is 5.31. The van der Waals surface area contributed by atoms with Crippen molar-refractivity contribution in [1.29, 1.82) is 0 Å². The molecular weight excluding hydrogens is 382 g/mol. The van der Waals surface area contributed by atoms with Crippen LogP contribution in [0.25, 0.3) is 0 Å². The van der Waals surface area contributed by atoms with Crippen LogP contribution in [0.4, 0.5) is 23.1 Å². The zero-order valence-corrected chi connectivity index (χ0v) is 16.5. The maximum absolute atomic E-state index is 6.41. The molecule has 4 heterocycles. The fraction of sp³-hybridized carbons (Fsp3) is 0.286. The topological polar surface area (TPSA) is 102 Å². The van der Waals surface area contributed by atoms with Crippen molar-refractivity contribution in [3.8, 4) is 11.5 Å². The van der Waals surface area contributed by atoms with Crippen molar-refractivity contribution in [3.63, 3.8) is 0 Å². The lowest BCUT2D eigenvalue weighted by molar-refractivity contribution is 0.174. The Kier molecular flexibility index (Phi) is 4.84. The van der Waals surface area contributed by atoms with Gasteiger partial charge in [0.05, 0.1) is 0 Å². The Labute approximate surface area is 174 Å². The van der Waals surface area contributed by atoms with E-state index in [4.69, 9.17) is 15.2 Å². The van der Waals surface area contributed by atoms with Gasteiger partial charge in [-0.1, -0.05) is 12.1 Å². The van der Waals surface area contributed by atoms with Gasteiger partial charge >= 0.3 is 0 Å². The molecule has 0 aliphatic carbocycles. The molecule has 0 atom stereocenters. The Hall–Kier alpha value is -3.75. The molecule has 5 rings (SSSR count). The number of piperazine rings is 1. The summed E-state index contributed by atoms with van der Waals surface area (Å²) in [6.07, 6.45) is 3.38. The highest BCUT2D eigenvalue weighted by Gasteiger charge is 2.22. The lowest BCUT2D eigenvalue weighted by atomic mass is 10.2. The van der Waals surface area contributed by atoms with E-state index in [2.05, 4.69) is 30.1 Å². The van der Waals surface area contributed by atoms with E-state index >= 15 is 0 Å². The van der Waals surface area contributed by atoms with E-state index in [9.17, 15) is 0 Å². The molecule has 154 valence electrons. The lowest BCUT2D eigenvalue weighted by Gasteiger charge is -2.36. The highest BCUT2D eigenvalue weighted by atomic mass is 16.7. The quantitative estimate of drug-likeness (QED) is 0.661. The van der Waals surface area contributed by atoms with Gasteiger partial charge < -0.3 is 30.3 Å². The predicted molar refractivity (Wildman–Crippen MR) is 115 cm³/mol. The molecule has 0 unspecified atom stereocenters. The number of nitrogens with two attached hydrogens (primary N) is 1. The van der Waals surface area contributed by atoms with Crippen molar-refractivity contribution in [1.82, 2.24) is 15.0 Å². The average Bonchev–Trinajstić information content (AvgIpc) is 3.27. The highest BCUT2D eigenvalue weighted by Crippen LogP contribution is 2.33. The van der Waals surface area contributed by atoms with Gasteiger partial charge in [0.1, 0.15) is 17.8 Å². The van der Waals surface area contributed by atoms with Crippen LogP contribution < -0.4 is 30.3 Å². The molecule has 3 aromatic rings. The second-order valence-electron chi connectivity index (χ2n) is 7.16. The summed E-state index contributed by atoms with van der Waals surface area (Å²) in [7, 11) is 0. The van der Waals surface area contributed by atoms with E-state index in [0.29, 0.717) is 18.1 Å². The fourth-order valence-corrected chi connectivity index (χ4v) is 3.70. The first-order valence-corrected chi connectivity index (χ1v) is 9.92. The molecule has 0 amide bonds. The smallest absolute Gasteiger partial charge is 0.231 e. The van der Waals surface area contributed by atoms with E-state index in [1.807, 2.05) is 42.6 Å². The summed E-state index contributed by atoms with van der Waals surface area (Å²) in [4.78, 5) is 17.7. The first-order chi connectivity index (χ1) is 14.8. The molecule has 3 N–H and O–H groups in total. The lowest BCUT2D eigenvalue weighted by Crippen LogP contribution is -2.47. The number of rotatable bonds is 5. The number of nitrogens with one attached hydrogen (secondary N) is 1. The number of nitrogens with zero attached hydrogens (tertiary/aromatic N) is 5. The van der Waals surface area contributed by atoms with E-state index in [-0.39, 0.29) is 6.79 Å². The molecule has 9 heteroatoms. The van der Waals surface area contributed by atoms with E-state index in [1.165, 1.54) is 0 Å². The maximum atomic E-state index is 6.41.